The minimum absolute atomic E-state index is 0.0462. The molecule has 4 heteroatoms. The Balaban J connectivity index is 1.31. The molecule has 1 fully saturated rings. The Kier molecular flexibility index (Phi) is 8.08. The molecule has 3 nitrogen and oxygen atoms in total. The molecular formula is C54H58BN3. The number of fused-ring (bicyclic) bond motifs is 7. The first-order valence-corrected chi connectivity index (χ1v) is 21.7. The molecule has 3 heterocycles. The van der Waals surface area contributed by atoms with Crippen LogP contribution in [0.3, 0.4) is 0 Å². The minimum atomic E-state index is -0.0592. The van der Waals surface area contributed by atoms with Crippen molar-refractivity contribution in [1.82, 2.24) is 0 Å². The van der Waals surface area contributed by atoms with Crippen LogP contribution in [0.4, 0.5) is 45.5 Å². The standard InChI is InChI=1S/C54H58BN3/c1-35-15-13-16-41(31-35)57-46-32-36(2)19-28-44(46)55-45-18-14-17-43-50(45)58(54(10)30-12-11-29-53(43,54)9)48-34-42(33-47(57)49(48)55)56(39-24-20-37(21-25-39)51(3,4)5)40-26-22-38(23-27-40)52(6,7)8/h13-28,31-34H,11-12,29-30H2,1-10H3. The second-order valence-corrected chi connectivity index (χ2v) is 20.4. The molecular weight excluding hydrogens is 701 g/mol. The van der Waals surface area contributed by atoms with Crippen LogP contribution in [0.15, 0.2) is 121 Å². The summed E-state index contributed by atoms with van der Waals surface area (Å²) in [5, 5.41) is 0. The summed E-state index contributed by atoms with van der Waals surface area (Å²) in [6.07, 6.45) is 4.91. The number of benzene rings is 6. The van der Waals surface area contributed by atoms with Gasteiger partial charge in [0.15, 0.2) is 0 Å². The number of para-hydroxylation sites is 1. The first-order chi connectivity index (χ1) is 27.6. The van der Waals surface area contributed by atoms with Crippen molar-refractivity contribution in [2.24, 2.45) is 0 Å². The van der Waals surface area contributed by atoms with E-state index in [1.165, 1.54) is 115 Å². The molecule has 0 N–H and O–H groups in total. The fraction of sp³-hybridized carbons (Fsp3) is 0.333. The van der Waals surface area contributed by atoms with E-state index < -0.39 is 0 Å². The number of anilines is 8. The summed E-state index contributed by atoms with van der Waals surface area (Å²) in [6.45, 7) is 23.6. The Hall–Kier alpha value is -5.22. The maximum absolute atomic E-state index is 2.85. The lowest BCUT2D eigenvalue weighted by Crippen LogP contribution is -2.64. The molecule has 1 saturated carbocycles. The van der Waals surface area contributed by atoms with Crippen LogP contribution in [-0.2, 0) is 16.2 Å². The van der Waals surface area contributed by atoms with Crippen LogP contribution >= 0.6 is 0 Å². The van der Waals surface area contributed by atoms with Crippen molar-refractivity contribution < 1.29 is 0 Å². The highest BCUT2D eigenvalue weighted by Crippen LogP contribution is 2.62. The molecule has 0 bridgehead atoms. The molecule has 292 valence electrons. The van der Waals surface area contributed by atoms with Crippen molar-refractivity contribution in [2.45, 2.75) is 117 Å². The predicted octanol–water partition coefficient (Wildman–Crippen LogP) is 12.7. The van der Waals surface area contributed by atoms with E-state index in [9.17, 15) is 0 Å². The highest BCUT2D eigenvalue weighted by atomic mass is 15.3. The molecule has 2 unspecified atom stereocenters. The smallest absolute Gasteiger partial charge is 0.252 e. The molecule has 0 radical (unpaired) electrons. The van der Waals surface area contributed by atoms with E-state index >= 15 is 0 Å². The second kappa shape index (κ2) is 12.6. The Morgan fingerprint density at radius 1 is 0.569 bits per heavy atom. The number of hydrogen-bond acceptors (Lipinski definition) is 3. The summed E-state index contributed by atoms with van der Waals surface area (Å²) in [5.41, 5.74) is 21.2. The van der Waals surface area contributed by atoms with Crippen LogP contribution in [0.1, 0.15) is 109 Å². The first kappa shape index (κ1) is 37.1. The van der Waals surface area contributed by atoms with E-state index in [0.717, 1.165) is 0 Å². The number of aryl methyl sites for hydroxylation is 2. The van der Waals surface area contributed by atoms with Crippen LogP contribution in [0.5, 0.6) is 0 Å². The third-order valence-corrected chi connectivity index (χ3v) is 14.6. The van der Waals surface area contributed by atoms with Gasteiger partial charge in [0.2, 0.25) is 0 Å². The van der Waals surface area contributed by atoms with Crippen molar-refractivity contribution in [1.29, 1.82) is 0 Å². The molecule has 10 rings (SSSR count). The van der Waals surface area contributed by atoms with Gasteiger partial charge in [-0.3, -0.25) is 0 Å². The molecule has 6 aromatic carbocycles. The van der Waals surface area contributed by atoms with E-state index in [1.54, 1.807) is 0 Å². The van der Waals surface area contributed by atoms with E-state index in [0.29, 0.717) is 0 Å². The van der Waals surface area contributed by atoms with Gasteiger partial charge in [0, 0.05) is 45.2 Å². The summed E-state index contributed by atoms with van der Waals surface area (Å²) in [5.74, 6) is 0. The van der Waals surface area contributed by atoms with Gasteiger partial charge < -0.3 is 14.7 Å². The molecule has 3 aliphatic heterocycles. The monoisotopic (exact) mass is 759 g/mol. The summed E-state index contributed by atoms with van der Waals surface area (Å²) in [6, 6.07) is 47.4. The zero-order valence-corrected chi connectivity index (χ0v) is 36.3. The van der Waals surface area contributed by atoms with Crippen molar-refractivity contribution in [2.75, 3.05) is 14.7 Å². The quantitative estimate of drug-likeness (QED) is 0.166. The Morgan fingerprint density at radius 3 is 1.81 bits per heavy atom. The van der Waals surface area contributed by atoms with Crippen molar-refractivity contribution >= 4 is 68.6 Å². The maximum Gasteiger partial charge on any atom is 0.252 e. The van der Waals surface area contributed by atoms with E-state index in [1.807, 2.05) is 0 Å². The number of hydrogen-bond donors (Lipinski definition) is 0. The normalized spacial score (nSPS) is 20.3. The molecule has 0 aromatic heterocycles. The van der Waals surface area contributed by atoms with E-state index in [2.05, 4.69) is 205 Å². The molecule has 1 aliphatic carbocycles. The predicted molar refractivity (Wildman–Crippen MR) is 250 cm³/mol. The largest absolute Gasteiger partial charge is 0.335 e. The van der Waals surface area contributed by atoms with Gasteiger partial charge in [0.1, 0.15) is 0 Å². The summed E-state index contributed by atoms with van der Waals surface area (Å²) in [7, 11) is 0. The van der Waals surface area contributed by atoms with Gasteiger partial charge in [0.05, 0.1) is 11.2 Å². The lowest BCUT2D eigenvalue weighted by molar-refractivity contribution is 0.195. The molecule has 2 atom stereocenters. The van der Waals surface area contributed by atoms with Crippen molar-refractivity contribution in [3.63, 3.8) is 0 Å². The number of rotatable bonds is 4. The fourth-order valence-electron chi connectivity index (χ4n) is 11.2. The zero-order valence-electron chi connectivity index (χ0n) is 36.3. The average molecular weight is 760 g/mol. The third-order valence-electron chi connectivity index (χ3n) is 14.6. The van der Waals surface area contributed by atoms with Gasteiger partial charge in [-0.25, -0.2) is 0 Å². The van der Waals surface area contributed by atoms with Gasteiger partial charge in [-0.15, -0.1) is 0 Å². The van der Waals surface area contributed by atoms with E-state index in [-0.39, 0.29) is 28.5 Å². The van der Waals surface area contributed by atoms with Crippen LogP contribution in [0.25, 0.3) is 0 Å². The van der Waals surface area contributed by atoms with Crippen LogP contribution in [0, 0.1) is 13.8 Å². The van der Waals surface area contributed by atoms with Crippen molar-refractivity contribution in [3.05, 3.63) is 149 Å². The lowest BCUT2D eigenvalue weighted by Gasteiger charge is -2.53. The van der Waals surface area contributed by atoms with Gasteiger partial charge in [0.25, 0.3) is 6.71 Å². The molecule has 0 saturated heterocycles. The topological polar surface area (TPSA) is 9.72 Å². The first-order valence-electron chi connectivity index (χ1n) is 21.7. The molecule has 0 amide bonds. The molecule has 6 aromatic rings. The van der Waals surface area contributed by atoms with Crippen LogP contribution in [0.2, 0.25) is 0 Å². The van der Waals surface area contributed by atoms with Gasteiger partial charge in [-0.05, 0) is 143 Å². The Morgan fingerprint density at radius 2 is 1.17 bits per heavy atom. The van der Waals surface area contributed by atoms with Gasteiger partial charge >= 0.3 is 0 Å². The Labute approximate surface area is 347 Å². The zero-order chi connectivity index (χ0) is 40.5. The molecule has 4 aliphatic rings. The maximum atomic E-state index is 2.85. The minimum Gasteiger partial charge on any atom is -0.335 e. The molecule has 58 heavy (non-hydrogen) atoms. The van der Waals surface area contributed by atoms with Crippen LogP contribution in [-0.4, -0.2) is 12.3 Å². The van der Waals surface area contributed by atoms with Gasteiger partial charge in [-0.1, -0.05) is 128 Å². The summed E-state index contributed by atoms with van der Waals surface area (Å²) in [4.78, 5) is 7.96. The van der Waals surface area contributed by atoms with Crippen LogP contribution < -0.4 is 31.1 Å². The lowest BCUT2D eigenvalue weighted by atomic mass is 9.33. The highest BCUT2D eigenvalue weighted by molar-refractivity contribution is 7.00. The van der Waals surface area contributed by atoms with Gasteiger partial charge in [-0.2, -0.15) is 0 Å². The van der Waals surface area contributed by atoms with Crippen molar-refractivity contribution in [3.8, 4) is 0 Å². The number of nitrogens with zero attached hydrogens (tertiary/aromatic N) is 3. The Bertz CT molecular complexity index is 2550. The summed E-state index contributed by atoms with van der Waals surface area (Å²) < 4.78 is 0. The fourth-order valence-corrected chi connectivity index (χ4v) is 11.2. The second-order valence-electron chi connectivity index (χ2n) is 20.4. The SMILES string of the molecule is Cc1cccc(N2c3cc(C)ccc3B3c4cccc5c4N(c4cc(N(c6ccc(C(C)(C)C)cc6)c6ccc(C(C)(C)C)cc6)cc2c43)C2(C)CCCCC52C)c1. The van der Waals surface area contributed by atoms with E-state index in [4.69, 9.17) is 0 Å². The highest BCUT2D eigenvalue weighted by Gasteiger charge is 2.61. The third kappa shape index (κ3) is 5.32. The average Bonchev–Trinajstić information content (AvgIpc) is 3.40. The summed E-state index contributed by atoms with van der Waals surface area (Å²) >= 11 is 0. The molecule has 0 spiro atoms.